The summed E-state index contributed by atoms with van der Waals surface area (Å²) >= 11 is 0. The van der Waals surface area contributed by atoms with E-state index in [4.69, 9.17) is 0 Å². The second kappa shape index (κ2) is 4.01. The number of aromatic nitrogens is 2. The van der Waals surface area contributed by atoms with Gasteiger partial charge in [0.2, 0.25) is 0 Å². The van der Waals surface area contributed by atoms with Gasteiger partial charge in [0.15, 0.2) is 0 Å². The van der Waals surface area contributed by atoms with Crippen LogP contribution in [0.4, 0.5) is 0 Å². The van der Waals surface area contributed by atoms with Crippen molar-refractivity contribution < 1.29 is 0 Å². The van der Waals surface area contributed by atoms with Gasteiger partial charge in [0.05, 0.1) is 0 Å². The van der Waals surface area contributed by atoms with E-state index in [0.717, 1.165) is 22.2 Å². The quantitative estimate of drug-likeness (QED) is 0.647. The summed E-state index contributed by atoms with van der Waals surface area (Å²) < 4.78 is 1.84. The van der Waals surface area contributed by atoms with Gasteiger partial charge in [0, 0.05) is 23.2 Å². The molecule has 0 aliphatic rings. The van der Waals surface area contributed by atoms with Gasteiger partial charge in [-0.1, -0.05) is 30.3 Å². The molecule has 0 aliphatic carbocycles. The third-order valence-corrected chi connectivity index (χ3v) is 2.97. The van der Waals surface area contributed by atoms with E-state index in [1.165, 1.54) is 0 Å². The summed E-state index contributed by atoms with van der Waals surface area (Å²) in [6.45, 7) is 1.99. The molecule has 1 aromatic carbocycles. The Labute approximate surface area is 105 Å². The Hall–Kier alpha value is -2.60. The lowest BCUT2D eigenvalue weighted by Gasteiger charge is -2.03. The largest absolute Gasteiger partial charge is 0.291 e. The molecule has 0 fully saturated rings. The van der Waals surface area contributed by atoms with Gasteiger partial charge in [-0.15, -0.1) is 0 Å². The topological polar surface area (TPSA) is 41.6 Å². The van der Waals surface area contributed by atoms with E-state index in [1.807, 2.05) is 54.1 Å². The zero-order valence-electron chi connectivity index (χ0n) is 9.96. The standard InChI is InChI=1S/C15H11N3/c1-11-6-7-15(17-9-11)18-10-12-4-2-3-5-13(12)14(18)8-16/h2-7,9-10H,1H3. The molecule has 2 aromatic heterocycles. The minimum Gasteiger partial charge on any atom is -0.291 e. The molecule has 0 unspecified atom stereocenters. The predicted molar refractivity (Wildman–Crippen MR) is 70.5 cm³/mol. The van der Waals surface area contributed by atoms with Crippen molar-refractivity contribution in [3.8, 4) is 11.9 Å². The Bertz CT molecular complexity index is 745. The van der Waals surface area contributed by atoms with Crippen LogP contribution in [0.5, 0.6) is 0 Å². The molecular formula is C15H11N3. The van der Waals surface area contributed by atoms with Crippen LogP contribution in [0, 0.1) is 18.3 Å². The summed E-state index contributed by atoms with van der Waals surface area (Å²) in [6, 6.07) is 14.0. The van der Waals surface area contributed by atoms with E-state index in [2.05, 4.69) is 11.1 Å². The van der Waals surface area contributed by atoms with E-state index in [-0.39, 0.29) is 0 Å². The van der Waals surface area contributed by atoms with E-state index >= 15 is 0 Å². The molecule has 18 heavy (non-hydrogen) atoms. The van der Waals surface area contributed by atoms with Crippen molar-refractivity contribution in [2.75, 3.05) is 0 Å². The number of benzene rings is 1. The fraction of sp³-hybridized carbons (Fsp3) is 0.0667. The number of rotatable bonds is 1. The average Bonchev–Trinajstić information content (AvgIpc) is 2.78. The Balaban J connectivity index is 2.29. The molecule has 0 amide bonds. The average molecular weight is 233 g/mol. The second-order valence-corrected chi connectivity index (χ2v) is 4.24. The van der Waals surface area contributed by atoms with Crippen LogP contribution >= 0.6 is 0 Å². The maximum atomic E-state index is 9.32. The van der Waals surface area contributed by atoms with Crippen molar-refractivity contribution in [1.29, 1.82) is 5.26 Å². The number of hydrogen-bond donors (Lipinski definition) is 0. The number of nitrogens with zero attached hydrogens (tertiary/aromatic N) is 3. The third kappa shape index (κ3) is 1.56. The number of aryl methyl sites for hydroxylation is 1. The van der Waals surface area contributed by atoms with Crippen LogP contribution in [-0.4, -0.2) is 9.55 Å². The van der Waals surface area contributed by atoms with Crippen molar-refractivity contribution in [3.63, 3.8) is 0 Å². The summed E-state index contributed by atoms with van der Waals surface area (Å²) in [5, 5.41) is 11.3. The lowest BCUT2D eigenvalue weighted by Crippen LogP contribution is -1.98. The van der Waals surface area contributed by atoms with Crippen molar-refractivity contribution >= 4 is 10.8 Å². The highest BCUT2D eigenvalue weighted by atomic mass is 15.1. The number of fused-ring (bicyclic) bond motifs is 1. The van der Waals surface area contributed by atoms with Crippen molar-refractivity contribution in [2.24, 2.45) is 0 Å². The molecule has 0 spiro atoms. The predicted octanol–water partition coefficient (Wildman–Crippen LogP) is 3.21. The first kappa shape index (κ1) is 10.5. The fourth-order valence-corrected chi connectivity index (χ4v) is 2.06. The molecule has 3 heteroatoms. The van der Waals surface area contributed by atoms with Crippen LogP contribution in [0.3, 0.4) is 0 Å². The van der Waals surface area contributed by atoms with Gasteiger partial charge in [0.25, 0.3) is 0 Å². The van der Waals surface area contributed by atoms with Crippen LogP contribution in [0.15, 0.2) is 48.8 Å². The van der Waals surface area contributed by atoms with Crippen LogP contribution < -0.4 is 0 Å². The lowest BCUT2D eigenvalue weighted by molar-refractivity contribution is 0.989. The molecule has 86 valence electrons. The Morgan fingerprint density at radius 2 is 2.00 bits per heavy atom. The molecule has 0 saturated heterocycles. The van der Waals surface area contributed by atoms with Gasteiger partial charge in [-0.05, 0) is 18.6 Å². The lowest BCUT2D eigenvalue weighted by atomic mass is 10.2. The van der Waals surface area contributed by atoms with E-state index < -0.39 is 0 Å². The van der Waals surface area contributed by atoms with E-state index in [0.29, 0.717) is 5.69 Å². The summed E-state index contributed by atoms with van der Waals surface area (Å²) in [5.74, 6) is 0.772. The van der Waals surface area contributed by atoms with E-state index in [1.54, 1.807) is 6.20 Å². The van der Waals surface area contributed by atoms with Crippen LogP contribution in [0.25, 0.3) is 16.6 Å². The highest BCUT2D eigenvalue weighted by molar-refractivity contribution is 5.88. The molecule has 0 N–H and O–H groups in total. The second-order valence-electron chi connectivity index (χ2n) is 4.24. The molecule has 0 aliphatic heterocycles. The number of pyridine rings is 1. The molecule has 3 nitrogen and oxygen atoms in total. The maximum Gasteiger partial charge on any atom is 0.137 e. The Morgan fingerprint density at radius 1 is 1.17 bits per heavy atom. The first-order valence-corrected chi connectivity index (χ1v) is 5.73. The Morgan fingerprint density at radius 3 is 2.72 bits per heavy atom. The minimum absolute atomic E-state index is 0.627. The zero-order chi connectivity index (χ0) is 12.5. The molecule has 0 bridgehead atoms. The summed E-state index contributed by atoms with van der Waals surface area (Å²) in [7, 11) is 0. The maximum absolute atomic E-state index is 9.32. The monoisotopic (exact) mass is 233 g/mol. The van der Waals surface area contributed by atoms with Crippen LogP contribution in [-0.2, 0) is 0 Å². The van der Waals surface area contributed by atoms with Crippen molar-refractivity contribution in [2.45, 2.75) is 6.92 Å². The van der Waals surface area contributed by atoms with E-state index in [9.17, 15) is 5.26 Å². The smallest absolute Gasteiger partial charge is 0.137 e. The first-order valence-electron chi connectivity index (χ1n) is 5.73. The number of nitriles is 1. The van der Waals surface area contributed by atoms with Gasteiger partial charge in [-0.3, -0.25) is 4.57 Å². The first-order chi connectivity index (χ1) is 8.79. The normalized spacial score (nSPS) is 10.4. The highest BCUT2D eigenvalue weighted by Crippen LogP contribution is 2.23. The molecule has 0 saturated carbocycles. The van der Waals surface area contributed by atoms with Gasteiger partial charge in [-0.25, -0.2) is 4.98 Å². The van der Waals surface area contributed by atoms with Gasteiger partial charge >= 0.3 is 0 Å². The van der Waals surface area contributed by atoms with Crippen LogP contribution in [0.1, 0.15) is 11.3 Å². The summed E-state index contributed by atoms with van der Waals surface area (Å²) in [5.41, 5.74) is 1.73. The fourth-order valence-electron chi connectivity index (χ4n) is 2.06. The van der Waals surface area contributed by atoms with Crippen LogP contribution in [0.2, 0.25) is 0 Å². The van der Waals surface area contributed by atoms with Crippen molar-refractivity contribution in [1.82, 2.24) is 9.55 Å². The van der Waals surface area contributed by atoms with Gasteiger partial charge in [0.1, 0.15) is 17.6 Å². The van der Waals surface area contributed by atoms with Crippen molar-refractivity contribution in [3.05, 3.63) is 60.0 Å². The molecule has 0 radical (unpaired) electrons. The van der Waals surface area contributed by atoms with Gasteiger partial charge < -0.3 is 0 Å². The summed E-state index contributed by atoms with van der Waals surface area (Å²) in [6.07, 6.45) is 3.76. The zero-order valence-corrected chi connectivity index (χ0v) is 9.96. The SMILES string of the molecule is Cc1ccc(-n2cc3ccccc3c2C#N)nc1. The number of hydrogen-bond acceptors (Lipinski definition) is 2. The minimum atomic E-state index is 0.627. The Kier molecular flexibility index (Phi) is 2.35. The third-order valence-electron chi connectivity index (χ3n) is 2.97. The molecule has 2 heterocycles. The highest BCUT2D eigenvalue weighted by Gasteiger charge is 2.10. The van der Waals surface area contributed by atoms with Gasteiger partial charge in [-0.2, -0.15) is 5.26 Å². The molecular weight excluding hydrogens is 222 g/mol. The summed E-state index contributed by atoms with van der Waals surface area (Å²) in [4.78, 5) is 4.36. The molecule has 0 atom stereocenters. The molecule has 3 aromatic rings. The molecule has 3 rings (SSSR count).